The molecule has 3 aliphatic carbocycles. The monoisotopic (exact) mass is 348 g/mol. The predicted octanol–water partition coefficient (Wildman–Crippen LogP) is 3.21. The third-order valence-corrected chi connectivity index (χ3v) is 6.48. The fourth-order valence-electron chi connectivity index (χ4n) is 4.90. The SMILES string of the molecule is CC12CCC3C(=CCc4cc(OS(=O)(=O)O)ccc43)C1CCC2=O. The van der Waals surface area contributed by atoms with Gasteiger partial charge in [0.2, 0.25) is 0 Å². The zero-order valence-corrected chi connectivity index (χ0v) is 14.3. The molecular weight excluding hydrogens is 328 g/mol. The van der Waals surface area contributed by atoms with E-state index in [4.69, 9.17) is 4.55 Å². The van der Waals surface area contributed by atoms with Gasteiger partial charge in [-0.3, -0.25) is 9.35 Å². The second kappa shape index (κ2) is 5.17. The molecule has 0 heterocycles. The van der Waals surface area contributed by atoms with Crippen LogP contribution in [0.25, 0.3) is 0 Å². The number of Topliss-reactive ketones (excluding diaryl/α,β-unsaturated/α-hetero) is 1. The standard InChI is InChI=1S/C18H20O5S/c1-18-9-8-14-13-5-3-12(23-24(20,21)22)10-11(13)2-4-15(14)16(18)6-7-17(18)19/h3-5,10,14,16H,2,6-9H2,1H3,(H,20,21,22). The second-order valence-corrected chi connectivity index (χ2v) is 8.33. The molecule has 128 valence electrons. The van der Waals surface area contributed by atoms with Crippen molar-refractivity contribution in [2.75, 3.05) is 0 Å². The number of ketones is 1. The molecule has 2 fully saturated rings. The number of carbonyl (C=O) groups is 1. The van der Waals surface area contributed by atoms with Gasteiger partial charge in [0.25, 0.3) is 0 Å². The van der Waals surface area contributed by atoms with E-state index in [1.807, 2.05) is 6.07 Å². The quantitative estimate of drug-likeness (QED) is 0.656. The number of benzene rings is 1. The van der Waals surface area contributed by atoms with Gasteiger partial charge in [0.05, 0.1) is 0 Å². The Kier molecular flexibility index (Phi) is 3.41. The Hall–Kier alpha value is -1.66. The molecule has 1 N–H and O–H groups in total. The number of fused-ring (bicyclic) bond motifs is 5. The maximum Gasteiger partial charge on any atom is 0.446 e. The van der Waals surface area contributed by atoms with Crippen LogP contribution < -0.4 is 4.18 Å². The van der Waals surface area contributed by atoms with Crippen LogP contribution in [0.3, 0.4) is 0 Å². The van der Waals surface area contributed by atoms with Gasteiger partial charge in [-0.1, -0.05) is 24.6 Å². The zero-order chi connectivity index (χ0) is 17.1. The van der Waals surface area contributed by atoms with Gasteiger partial charge in [0, 0.05) is 17.8 Å². The van der Waals surface area contributed by atoms with E-state index >= 15 is 0 Å². The summed E-state index contributed by atoms with van der Waals surface area (Å²) in [5.41, 5.74) is 3.40. The minimum absolute atomic E-state index is 0.129. The Morgan fingerprint density at radius 2 is 2.08 bits per heavy atom. The van der Waals surface area contributed by atoms with Gasteiger partial charge in [-0.05, 0) is 54.9 Å². The van der Waals surface area contributed by atoms with Crippen LogP contribution in [0.5, 0.6) is 5.75 Å². The summed E-state index contributed by atoms with van der Waals surface area (Å²) in [5.74, 6) is 1.17. The van der Waals surface area contributed by atoms with Crippen LogP contribution in [-0.4, -0.2) is 18.8 Å². The summed E-state index contributed by atoms with van der Waals surface area (Å²) in [6.07, 6.45) is 6.38. The highest BCUT2D eigenvalue weighted by Gasteiger charge is 2.52. The van der Waals surface area contributed by atoms with Crippen molar-refractivity contribution >= 4 is 16.2 Å². The summed E-state index contributed by atoms with van der Waals surface area (Å²) in [5, 5.41) is 0. The fourth-order valence-corrected chi connectivity index (χ4v) is 5.24. The lowest BCUT2D eigenvalue weighted by atomic mass is 9.60. The summed E-state index contributed by atoms with van der Waals surface area (Å²) in [6, 6.07) is 5.17. The molecule has 6 heteroatoms. The molecule has 0 aliphatic heterocycles. The Balaban J connectivity index is 1.68. The Labute approximate surface area is 141 Å². The molecular formula is C18H20O5S. The van der Waals surface area contributed by atoms with Crippen LogP contribution in [0, 0.1) is 11.3 Å². The molecule has 0 bridgehead atoms. The van der Waals surface area contributed by atoms with E-state index < -0.39 is 10.4 Å². The van der Waals surface area contributed by atoms with Crippen molar-refractivity contribution in [2.24, 2.45) is 11.3 Å². The van der Waals surface area contributed by atoms with E-state index in [2.05, 4.69) is 17.2 Å². The van der Waals surface area contributed by atoms with Crippen LogP contribution in [0.15, 0.2) is 29.8 Å². The maximum absolute atomic E-state index is 12.3. The molecule has 5 nitrogen and oxygen atoms in total. The highest BCUT2D eigenvalue weighted by atomic mass is 32.3. The predicted molar refractivity (Wildman–Crippen MR) is 88.2 cm³/mol. The third-order valence-electron chi connectivity index (χ3n) is 6.07. The minimum Gasteiger partial charge on any atom is -0.362 e. The van der Waals surface area contributed by atoms with Crippen molar-refractivity contribution in [3.63, 3.8) is 0 Å². The highest BCUT2D eigenvalue weighted by molar-refractivity contribution is 7.81. The topological polar surface area (TPSA) is 80.7 Å². The molecule has 0 aromatic heterocycles. The largest absolute Gasteiger partial charge is 0.446 e. The van der Waals surface area contributed by atoms with Gasteiger partial charge in [0.15, 0.2) is 0 Å². The van der Waals surface area contributed by atoms with Crippen molar-refractivity contribution < 1.29 is 21.9 Å². The first-order valence-electron chi connectivity index (χ1n) is 8.31. The van der Waals surface area contributed by atoms with Crippen molar-refractivity contribution in [3.05, 3.63) is 41.0 Å². The normalized spacial score (nSPS) is 31.8. The minimum atomic E-state index is -4.51. The van der Waals surface area contributed by atoms with E-state index in [1.54, 1.807) is 12.1 Å². The van der Waals surface area contributed by atoms with Crippen molar-refractivity contribution in [1.82, 2.24) is 0 Å². The molecule has 1 aromatic carbocycles. The average molecular weight is 348 g/mol. The molecule has 0 saturated heterocycles. The number of hydrogen-bond donors (Lipinski definition) is 1. The van der Waals surface area contributed by atoms with Gasteiger partial charge in [0.1, 0.15) is 11.5 Å². The summed E-state index contributed by atoms with van der Waals surface area (Å²) in [6.45, 7) is 2.11. The fraction of sp³-hybridized carbons (Fsp3) is 0.500. The summed E-state index contributed by atoms with van der Waals surface area (Å²) >= 11 is 0. The van der Waals surface area contributed by atoms with Crippen LogP contribution in [0.4, 0.5) is 0 Å². The van der Waals surface area contributed by atoms with Crippen LogP contribution in [0.2, 0.25) is 0 Å². The molecule has 0 spiro atoms. The lowest BCUT2D eigenvalue weighted by Crippen LogP contribution is -2.37. The highest BCUT2D eigenvalue weighted by Crippen LogP contribution is 2.57. The number of allylic oxidation sites excluding steroid dienone is 2. The van der Waals surface area contributed by atoms with E-state index in [1.165, 1.54) is 11.1 Å². The Morgan fingerprint density at radius 3 is 2.83 bits per heavy atom. The van der Waals surface area contributed by atoms with E-state index in [0.717, 1.165) is 24.8 Å². The molecule has 3 atom stereocenters. The van der Waals surface area contributed by atoms with Gasteiger partial charge in [-0.25, -0.2) is 0 Å². The summed E-state index contributed by atoms with van der Waals surface area (Å²) < 4.78 is 35.1. The first kappa shape index (κ1) is 15.8. The number of rotatable bonds is 2. The molecule has 4 rings (SSSR count). The molecule has 0 amide bonds. The van der Waals surface area contributed by atoms with Gasteiger partial charge >= 0.3 is 10.4 Å². The smallest absolute Gasteiger partial charge is 0.362 e. The van der Waals surface area contributed by atoms with Crippen LogP contribution in [0.1, 0.15) is 49.7 Å². The van der Waals surface area contributed by atoms with Gasteiger partial charge in [-0.15, -0.1) is 0 Å². The van der Waals surface area contributed by atoms with E-state index in [0.29, 0.717) is 30.5 Å². The van der Waals surface area contributed by atoms with E-state index in [9.17, 15) is 13.2 Å². The van der Waals surface area contributed by atoms with Crippen molar-refractivity contribution in [2.45, 2.75) is 44.9 Å². The summed E-state index contributed by atoms with van der Waals surface area (Å²) in [7, 11) is -4.51. The lowest BCUT2D eigenvalue weighted by Gasteiger charge is -2.43. The number of carbonyl (C=O) groups excluding carboxylic acids is 1. The van der Waals surface area contributed by atoms with Crippen LogP contribution in [-0.2, 0) is 21.6 Å². The van der Waals surface area contributed by atoms with Crippen LogP contribution >= 0.6 is 0 Å². The zero-order valence-electron chi connectivity index (χ0n) is 13.5. The van der Waals surface area contributed by atoms with Crippen molar-refractivity contribution in [3.8, 4) is 5.75 Å². The molecule has 24 heavy (non-hydrogen) atoms. The average Bonchev–Trinajstić information content (AvgIpc) is 2.81. The lowest BCUT2D eigenvalue weighted by molar-refractivity contribution is -0.126. The van der Waals surface area contributed by atoms with Gasteiger partial charge in [-0.2, -0.15) is 8.42 Å². The molecule has 3 aliphatic rings. The molecule has 3 unspecified atom stereocenters. The first-order chi connectivity index (χ1) is 11.3. The third kappa shape index (κ3) is 2.40. The Bertz CT molecular complexity index is 854. The Morgan fingerprint density at radius 1 is 1.29 bits per heavy atom. The molecule has 1 aromatic rings. The second-order valence-electron chi connectivity index (χ2n) is 7.30. The first-order valence-corrected chi connectivity index (χ1v) is 9.67. The van der Waals surface area contributed by atoms with E-state index in [-0.39, 0.29) is 11.2 Å². The maximum atomic E-state index is 12.3. The molecule has 0 radical (unpaired) electrons. The van der Waals surface area contributed by atoms with Gasteiger partial charge < -0.3 is 4.18 Å². The molecule has 2 saturated carbocycles. The number of hydrogen-bond acceptors (Lipinski definition) is 4. The summed E-state index contributed by atoms with van der Waals surface area (Å²) in [4.78, 5) is 12.3. The van der Waals surface area contributed by atoms with Crippen molar-refractivity contribution in [1.29, 1.82) is 0 Å².